The molecular weight excluding hydrogens is 386 g/mol. The Hall–Kier alpha value is -3.52. The van der Waals surface area contributed by atoms with E-state index in [-0.39, 0.29) is 13.3 Å². The van der Waals surface area contributed by atoms with Gasteiger partial charge in [-0.1, -0.05) is 11.6 Å². The van der Waals surface area contributed by atoms with Crippen molar-refractivity contribution in [3.63, 3.8) is 0 Å². The van der Waals surface area contributed by atoms with Crippen molar-refractivity contribution in [2.75, 3.05) is 12.1 Å². The summed E-state index contributed by atoms with van der Waals surface area (Å²) in [7, 11) is 0. The van der Waals surface area contributed by atoms with Crippen molar-refractivity contribution in [2.24, 2.45) is 0 Å². The normalized spacial score (nSPS) is 12.0. The van der Waals surface area contributed by atoms with Crippen LogP contribution in [0.3, 0.4) is 0 Å². The number of nitrogens with zero attached hydrogens (tertiary/aromatic N) is 2. The summed E-state index contributed by atoms with van der Waals surface area (Å²) in [6, 6.07) is 11.5. The minimum Gasteiger partial charge on any atom is -0.454 e. The summed E-state index contributed by atoms with van der Waals surface area (Å²) < 4.78 is 12.8. The fourth-order valence-corrected chi connectivity index (χ4v) is 2.89. The number of aromatic nitrogens is 2. The van der Waals surface area contributed by atoms with Crippen LogP contribution in [-0.4, -0.2) is 21.8 Å². The Kier molecular flexibility index (Phi) is 4.62. The Morgan fingerprint density at radius 1 is 1.00 bits per heavy atom. The van der Waals surface area contributed by atoms with E-state index in [4.69, 9.17) is 21.1 Å². The highest BCUT2D eigenvalue weighted by Crippen LogP contribution is 2.33. The molecule has 8 nitrogen and oxygen atoms in total. The number of anilines is 1. The fraction of sp³-hybridized carbons (Fsp3) is 0.105. The summed E-state index contributed by atoms with van der Waals surface area (Å²) in [5.74, 6) is 0.629. The molecule has 2 heterocycles. The lowest BCUT2D eigenvalue weighted by molar-refractivity contribution is -0.116. The summed E-state index contributed by atoms with van der Waals surface area (Å²) in [5.41, 5.74) is -0.590. The Labute approximate surface area is 163 Å². The zero-order valence-electron chi connectivity index (χ0n) is 14.4. The van der Waals surface area contributed by atoms with Gasteiger partial charge in [-0.3, -0.25) is 23.5 Å². The maximum atomic E-state index is 12.5. The van der Waals surface area contributed by atoms with Crippen molar-refractivity contribution in [3.05, 3.63) is 80.6 Å². The van der Waals surface area contributed by atoms with Gasteiger partial charge in [0.05, 0.1) is 5.69 Å². The topological polar surface area (TPSA) is 91.6 Å². The summed E-state index contributed by atoms with van der Waals surface area (Å²) >= 11 is 5.80. The van der Waals surface area contributed by atoms with E-state index < -0.39 is 17.0 Å². The number of fused-ring (bicyclic) bond motifs is 1. The molecule has 28 heavy (non-hydrogen) atoms. The predicted molar refractivity (Wildman–Crippen MR) is 103 cm³/mol. The molecule has 142 valence electrons. The summed E-state index contributed by atoms with van der Waals surface area (Å²) in [6.45, 7) is -0.184. The van der Waals surface area contributed by atoms with Crippen LogP contribution in [0.15, 0.2) is 64.4 Å². The number of halogens is 1. The summed E-state index contributed by atoms with van der Waals surface area (Å²) in [4.78, 5) is 37.1. The van der Waals surface area contributed by atoms with Gasteiger partial charge >= 0.3 is 11.1 Å². The van der Waals surface area contributed by atoms with Gasteiger partial charge in [-0.2, -0.15) is 0 Å². The van der Waals surface area contributed by atoms with Gasteiger partial charge < -0.3 is 14.8 Å². The number of nitrogens with one attached hydrogen (secondary N) is 1. The first kappa shape index (κ1) is 17.9. The molecule has 0 aliphatic carbocycles. The highest BCUT2D eigenvalue weighted by Gasteiger charge is 2.16. The molecule has 0 atom stereocenters. The van der Waals surface area contributed by atoms with E-state index >= 15 is 0 Å². The van der Waals surface area contributed by atoms with Crippen LogP contribution in [0.5, 0.6) is 11.5 Å². The number of hydrogen-bond donors (Lipinski definition) is 1. The van der Waals surface area contributed by atoms with E-state index in [0.717, 1.165) is 4.57 Å². The first-order valence-electron chi connectivity index (χ1n) is 8.29. The zero-order chi connectivity index (χ0) is 19.7. The third-order valence-corrected chi connectivity index (χ3v) is 4.39. The SMILES string of the molecule is O=C(Cn1ccn(-c2ccc3c(c2)OCO3)c(=O)c1=O)Nc1ccc(Cl)cc1. The second kappa shape index (κ2) is 7.24. The van der Waals surface area contributed by atoms with Gasteiger partial charge in [-0.25, -0.2) is 0 Å². The van der Waals surface area contributed by atoms with Gasteiger partial charge in [-0.05, 0) is 36.4 Å². The van der Waals surface area contributed by atoms with E-state index in [1.54, 1.807) is 42.5 Å². The molecule has 0 radical (unpaired) electrons. The Balaban J connectivity index is 1.56. The minimum absolute atomic E-state index is 0.109. The number of benzene rings is 2. The van der Waals surface area contributed by atoms with Crippen LogP contribution in [0.25, 0.3) is 5.69 Å². The number of carbonyl (C=O) groups excluding carboxylic acids is 1. The average molecular weight is 400 g/mol. The standard InChI is InChI=1S/C19H14ClN3O5/c20-12-1-3-13(4-2-12)21-17(24)10-22-7-8-23(19(26)18(22)25)14-5-6-15-16(9-14)28-11-27-15/h1-9H,10-11H2,(H,21,24). The van der Waals surface area contributed by atoms with Gasteiger partial charge in [0, 0.05) is 29.2 Å². The van der Waals surface area contributed by atoms with Crippen LogP contribution in [0.1, 0.15) is 0 Å². The van der Waals surface area contributed by atoms with Gasteiger partial charge in [0.25, 0.3) is 0 Å². The van der Waals surface area contributed by atoms with Crippen molar-refractivity contribution in [1.29, 1.82) is 0 Å². The lowest BCUT2D eigenvalue weighted by atomic mass is 10.2. The van der Waals surface area contributed by atoms with Gasteiger partial charge in [0.2, 0.25) is 12.7 Å². The molecule has 0 saturated carbocycles. The summed E-state index contributed by atoms with van der Waals surface area (Å²) in [6.07, 6.45) is 2.81. The van der Waals surface area contributed by atoms with Gasteiger partial charge in [0.1, 0.15) is 6.54 Å². The number of hydrogen-bond acceptors (Lipinski definition) is 5. The molecule has 0 fully saturated rings. The molecule has 0 spiro atoms. The van der Waals surface area contributed by atoms with Crippen LogP contribution in [-0.2, 0) is 11.3 Å². The van der Waals surface area contributed by atoms with Crippen LogP contribution in [0.2, 0.25) is 5.02 Å². The van der Waals surface area contributed by atoms with Crippen LogP contribution in [0.4, 0.5) is 5.69 Å². The van der Waals surface area contributed by atoms with E-state index in [0.29, 0.717) is 27.9 Å². The number of ether oxygens (including phenoxy) is 2. The largest absolute Gasteiger partial charge is 0.454 e. The molecule has 1 amide bonds. The molecule has 1 aromatic heterocycles. The van der Waals surface area contributed by atoms with E-state index in [2.05, 4.69) is 5.32 Å². The van der Waals surface area contributed by atoms with Crippen molar-refractivity contribution in [2.45, 2.75) is 6.54 Å². The smallest absolute Gasteiger partial charge is 0.320 e. The first-order chi connectivity index (χ1) is 13.5. The fourth-order valence-electron chi connectivity index (χ4n) is 2.76. The molecule has 3 aromatic rings. The molecule has 0 saturated heterocycles. The third-order valence-electron chi connectivity index (χ3n) is 4.13. The quantitative estimate of drug-likeness (QED) is 0.678. The Morgan fingerprint density at radius 3 is 2.54 bits per heavy atom. The zero-order valence-corrected chi connectivity index (χ0v) is 15.2. The van der Waals surface area contributed by atoms with Crippen molar-refractivity contribution < 1.29 is 14.3 Å². The Bertz CT molecular complexity index is 1170. The number of rotatable bonds is 4. The van der Waals surface area contributed by atoms with Gasteiger partial charge in [0.15, 0.2) is 11.5 Å². The van der Waals surface area contributed by atoms with Crippen molar-refractivity contribution >= 4 is 23.2 Å². The first-order valence-corrected chi connectivity index (χ1v) is 8.66. The summed E-state index contributed by atoms with van der Waals surface area (Å²) in [5, 5.41) is 3.19. The average Bonchev–Trinajstić information content (AvgIpc) is 3.15. The minimum atomic E-state index is -0.813. The van der Waals surface area contributed by atoms with Crippen LogP contribution in [0, 0.1) is 0 Å². The number of carbonyl (C=O) groups is 1. The number of amides is 1. The molecular formula is C19H14ClN3O5. The van der Waals surface area contributed by atoms with E-state index in [1.807, 2.05) is 0 Å². The highest BCUT2D eigenvalue weighted by atomic mass is 35.5. The highest BCUT2D eigenvalue weighted by molar-refractivity contribution is 6.30. The molecule has 9 heteroatoms. The van der Waals surface area contributed by atoms with E-state index in [1.165, 1.54) is 17.0 Å². The second-order valence-electron chi connectivity index (χ2n) is 6.00. The molecule has 1 aliphatic heterocycles. The lowest BCUT2D eigenvalue weighted by Gasteiger charge is -2.10. The van der Waals surface area contributed by atoms with Crippen molar-refractivity contribution in [1.82, 2.24) is 9.13 Å². The van der Waals surface area contributed by atoms with Crippen molar-refractivity contribution in [3.8, 4) is 17.2 Å². The molecule has 2 aromatic carbocycles. The third kappa shape index (κ3) is 3.49. The van der Waals surface area contributed by atoms with Crippen LogP contribution < -0.4 is 25.9 Å². The lowest BCUT2D eigenvalue weighted by Crippen LogP contribution is -2.41. The molecule has 4 rings (SSSR count). The molecule has 1 aliphatic rings. The second-order valence-corrected chi connectivity index (χ2v) is 6.44. The Morgan fingerprint density at radius 2 is 1.75 bits per heavy atom. The predicted octanol–water partition coefficient (Wildman–Crippen LogP) is 2.02. The maximum Gasteiger partial charge on any atom is 0.320 e. The molecule has 0 unspecified atom stereocenters. The molecule has 0 bridgehead atoms. The van der Waals surface area contributed by atoms with E-state index in [9.17, 15) is 14.4 Å². The van der Waals surface area contributed by atoms with Gasteiger partial charge in [-0.15, -0.1) is 0 Å². The molecule has 1 N–H and O–H groups in total. The maximum absolute atomic E-state index is 12.5. The van der Waals surface area contributed by atoms with Crippen LogP contribution >= 0.6 is 11.6 Å². The monoisotopic (exact) mass is 399 g/mol.